The molecule has 0 bridgehead atoms. The van der Waals surface area contributed by atoms with Gasteiger partial charge in [0.15, 0.2) is 0 Å². The second kappa shape index (κ2) is 5.79. The summed E-state index contributed by atoms with van der Waals surface area (Å²) < 4.78 is 6.37. The summed E-state index contributed by atoms with van der Waals surface area (Å²) in [5, 5.41) is 10.7. The molecule has 2 aliphatic rings. The highest BCUT2D eigenvalue weighted by Gasteiger charge is 2.46. The zero-order chi connectivity index (χ0) is 15.9. The van der Waals surface area contributed by atoms with E-state index in [2.05, 4.69) is 33.8 Å². The van der Waals surface area contributed by atoms with Crippen molar-refractivity contribution in [2.45, 2.75) is 77.7 Å². The van der Waals surface area contributed by atoms with Crippen LogP contribution in [0.5, 0.6) is 11.5 Å². The average molecular weight is 302 g/mol. The van der Waals surface area contributed by atoms with E-state index >= 15 is 0 Å². The summed E-state index contributed by atoms with van der Waals surface area (Å²) in [5.74, 6) is 3.10. The molecule has 3 atom stereocenters. The number of phenolic OH excluding ortho intramolecular Hbond substituents is 1. The molecule has 1 N–H and O–H groups in total. The van der Waals surface area contributed by atoms with E-state index in [9.17, 15) is 5.11 Å². The third-order valence-electron chi connectivity index (χ3n) is 5.75. The number of aromatic hydroxyl groups is 1. The first kappa shape index (κ1) is 15.7. The van der Waals surface area contributed by atoms with Gasteiger partial charge in [-0.15, -0.1) is 0 Å². The monoisotopic (exact) mass is 302 g/mol. The van der Waals surface area contributed by atoms with Crippen molar-refractivity contribution < 1.29 is 9.84 Å². The molecule has 1 heterocycles. The number of aryl methyl sites for hydroxylation is 1. The highest BCUT2D eigenvalue weighted by Crippen LogP contribution is 2.55. The quantitative estimate of drug-likeness (QED) is 0.807. The van der Waals surface area contributed by atoms with Gasteiger partial charge in [0, 0.05) is 11.5 Å². The molecular weight excluding hydrogens is 272 g/mol. The molecule has 0 saturated heterocycles. The third-order valence-corrected chi connectivity index (χ3v) is 5.75. The van der Waals surface area contributed by atoms with Crippen LogP contribution >= 0.6 is 0 Å². The Morgan fingerprint density at radius 2 is 2.05 bits per heavy atom. The van der Waals surface area contributed by atoms with E-state index in [4.69, 9.17) is 4.74 Å². The lowest BCUT2D eigenvalue weighted by atomic mass is 9.64. The van der Waals surface area contributed by atoms with Crippen LogP contribution in [0.3, 0.4) is 0 Å². The first-order chi connectivity index (χ1) is 10.4. The highest BCUT2D eigenvalue weighted by molar-refractivity contribution is 5.52. The summed E-state index contributed by atoms with van der Waals surface area (Å²) in [7, 11) is 0. The van der Waals surface area contributed by atoms with Crippen LogP contribution < -0.4 is 4.74 Å². The van der Waals surface area contributed by atoms with E-state index < -0.39 is 0 Å². The van der Waals surface area contributed by atoms with E-state index in [-0.39, 0.29) is 5.60 Å². The second-order valence-corrected chi connectivity index (χ2v) is 7.97. The molecule has 3 rings (SSSR count). The second-order valence-electron chi connectivity index (χ2n) is 7.97. The molecule has 1 saturated carbocycles. The van der Waals surface area contributed by atoms with E-state index in [0.29, 0.717) is 17.6 Å². The van der Waals surface area contributed by atoms with Crippen molar-refractivity contribution in [2.24, 2.45) is 11.8 Å². The summed E-state index contributed by atoms with van der Waals surface area (Å²) in [6.07, 6.45) is 7.00. The van der Waals surface area contributed by atoms with E-state index in [1.807, 2.05) is 6.07 Å². The fourth-order valence-electron chi connectivity index (χ4n) is 4.54. The van der Waals surface area contributed by atoms with Crippen molar-refractivity contribution in [2.75, 3.05) is 0 Å². The van der Waals surface area contributed by atoms with Crippen molar-refractivity contribution >= 4 is 0 Å². The Hall–Kier alpha value is -1.18. The summed E-state index contributed by atoms with van der Waals surface area (Å²) in [4.78, 5) is 0. The number of fused-ring (bicyclic) bond motifs is 3. The summed E-state index contributed by atoms with van der Waals surface area (Å²) in [6.45, 7) is 8.98. The molecule has 1 aliphatic heterocycles. The molecular formula is C20H30O2. The van der Waals surface area contributed by atoms with E-state index in [0.717, 1.165) is 30.1 Å². The fraction of sp³-hybridized carbons (Fsp3) is 0.700. The Balaban J connectivity index is 2.01. The number of hydrogen-bond acceptors (Lipinski definition) is 2. The first-order valence-electron chi connectivity index (χ1n) is 8.97. The van der Waals surface area contributed by atoms with Crippen molar-refractivity contribution in [1.29, 1.82) is 0 Å². The lowest BCUT2D eigenvalue weighted by molar-refractivity contribution is -0.0145. The number of ether oxygens (including phenoxy) is 1. The third kappa shape index (κ3) is 2.73. The van der Waals surface area contributed by atoms with Crippen molar-refractivity contribution in [3.05, 3.63) is 23.3 Å². The van der Waals surface area contributed by atoms with Crippen LogP contribution in [0.4, 0.5) is 0 Å². The van der Waals surface area contributed by atoms with Crippen LogP contribution in [0, 0.1) is 11.8 Å². The van der Waals surface area contributed by atoms with Gasteiger partial charge in [0.05, 0.1) is 0 Å². The number of benzene rings is 1. The highest BCUT2D eigenvalue weighted by atomic mass is 16.5. The van der Waals surface area contributed by atoms with Gasteiger partial charge in [-0.1, -0.05) is 26.7 Å². The fourth-order valence-corrected chi connectivity index (χ4v) is 4.54. The van der Waals surface area contributed by atoms with E-state index in [1.54, 1.807) is 0 Å². The minimum atomic E-state index is -0.131. The minimum Gasteiger partial charge on any atom is -0.508 e. The molecule has 22 heavy (non-hydrogen) atoms. The number of rotatable bonds is 3. The van der Waals surface area contributed by atoms with Gasteiger partial charge in [-0.2, -0.15) is 0 Å². The molecule has 1 aromatic carbocycles. The molecule has 1 fully saturated rings. The molecule has 1 aromatic rings. The lowest BCUT2D eigenvalue weighted by Gasteiger charge is -2.48. The molecule has 0 aromatic heterocycles. The van der Waals surface area contributed by atoms with Gasteiger partial charge in [-0.05, 0) is 69.1 Å². The van der Waals surface area contributed by atoms with Gasteiger partial charge in [0.2, 0.25) is 0 Å². The zero-order valence-electron chi connectivity index (χ0n) is 14.5. The number of unbranched alkanes of at least 4 members (excludes halogenated alkanes) is 1. The Bertz CT molecular complexity index is 547. The van der Waals surface area contributed by atoms with Crippen LogP contribution in [-0.2, 0) is 6.42 Å². The Kier molecular flexibility index (Phi) is 4.13. The molecule has 122 valence electrons. The van der Waals surface area contributed by atoms with Gasteiger partial charge in [0.25, 0.3) is 0 Å². The summed E-state index contributed by atoms with van der Waals surface area (Å²) in [5.41, 5.74) is 2.15. The Morgan fingerprint density at radius 1 is 1.27 bits per heavy atom. The van der Waals surface area contributed by atoms with Crippen LogP contribution in [0.1, 0.15) is 76.8 Å². The summed E-state index contributed by atoms with van der Waals surface area (Å²) in [6, 6.07) is 4.16. The minimum absolute atomic E-state index is 0.131. The molecule has 0 radical (unpaired) electrons. The SMILES string of the molecule is CCCCc1cc(O)c2c(c1)OC(C)(C)[C@H]1CCC(C)C[C@H]21. The van der Waals surface area contributed by atoms with Gasteiger partial charge in [0.1, 0.15) is 17.1 Å². The maximum atomic E-state index is 10.7. The number of hydrogen-bond donors (Lipinski definition) is 1. The van der Waals surface area contributed by atoms with Gasteiger partial charge in [-0.25, -0.2) is 0 Å². The molecule has 0 spiro atoms. The van der Waals surface area contributed by atoms with Gasteiger partial charge >= 0.3 is 0 Å². The standard InChI is InChI=1S/C20H30O2/c1-5-6-7-14-11-17(21)19-15-10-13(2)8-9-16(15)20(3,4)22-18(19)12-14/h11-13,15-16,21H,5-10H2,1-4H3/t13?,15-,16-/m0/s1. The van der Waals surface area contributed by atoms with Gasteiger partial charge in [-0.3, -0.25) is 0 Å². The predicted molar refractivity (Wildman–Crippen MR) is 90.7 cm³/mol. The van der Waals surface area contributed by atoms with Gasteiger partial charge < -0.3 is 9.84 Å². The van der Waals surface area contributed by atoms with Crippen molar-refractivity contribution in [3.8, 4) is 11.5 Å². The zero-order valence-corrected chi connectivity index (χ0v) is 14.5. The predicted octanol–water partition coefficient (Wildman–Crippen LogP) is 5.43. The van der Waals surface area contributed by atoms with Crippen LogP contribution in [0.2, 0.25) is 0 Å². The lowest BCUT2D eigenvalue weighted by Crippen LogP contribution is -2.46. The van der Waals surface area contributed by atoms with Crippen LogP contribution in [0.25, 0.3) is 0 Å². The maximum Gasteiger partial charge on any atom is 0.127 e. The largest absolute Gasteiger partial charge is 0.508 e. The Labute approximate surface area is 134 Å². The normalized spacial score (nSPS) is 29.4. The van der Waals surface area contributed by atoms with Crippen molar-refractivity contribution in [3.63, 3.8) is 0 Å². The molecule has 1 unspecified atom stereocenters. The van der Waals surface area contributed by atoms with Crippen LogP contribution in [-0.4, -0.2) is 10.7 Å². The Morgan fingerprint density at radius 3 is 2.77 bits per heavy atom. The number of phenols is 1. The summed E-state index contributed by atoms with van der Waals surface area (Å²) >= 11 is 0. The smallest absolute Gasteiger partial charge is 0.127 e. The molecule has 1 aliphatic carbocycles. The topological polar surface area (TPSA) is 29.5 Å². The van der Waals surface area contributed by atoms with Crippen molar-refractivity contribution in [1.82, 2.24) is 0 Å². The first-order valence-corrected chi connectivity index (χ1v) is 8.97. The molecule has 0 amide bonds. The van der Waals surface area contributed by atoms with E-state index in [1.165, 1.54) is 31.2 Å². The molecule has 2 heteroatoms. The molecule has 2 nitrogen and oxygen atoms in total. The average Bonchev–Trinajstić information content (AvgIpc) is 2.43. The van der Waals surface area contributed by atoms with Crippen LogP contribution in [0.15, 0.2) is 12.1 Å². The maximum absolute atomic E-state index is 10.7.